The molecule has 0 spiro atoms. The van der Waals surface area contributed by atoms with E-state index in [9.17, 15) is 19.2 Å². The van der Waals surface area contributed by atoms with E-state index in [0.29, 0.717) is 63.5 Å². The number of likely N-dealkylation sites (tertiary alicyclic amines) is 1. The Hall–Kier alpha value is -3.18. The van der Waals surface area contributed by atoms with Crippen LogP contribution in [0.4, 0.5) is 15.3 Å². The van der Waals surface area contributed by atoms with Crippen LogP contribution in [0.5, 0.6) is 0 Å². The third-order valence-corrected chi connectivity index (χ3v) is 7.51. The molecule has 4 aliphatic heterocycles. The van der Waals surface area contributed by atoms with Crippen molar-refractivity contribution in [2.24, 2.45) is 0 Å². The maximum Gasteiger partial charge on any atom is 0.332 e. The van der Waals surface area contributed by atoms with Gasteiger partial charge >= 0.3 is 12.1 Å². The van der Waals surface area contributed by atoms with E-state index in [4.69, 9.17) is 4.74 Å². The predicted octanol–water partition coefficient (Wildman–Crippen LogP) is 0.854. The fourth-order valence-electron chi connectivity index (χ4n) is 5.35. The van der Waals surface area contributed by atoms with Crippen molar-refractivity contribution in [1.29, 1.82) is 0 Å². The van der Waals surface area contributed by atoms with Crippen molar-refractivity contribution >= 4 is 29.6 Å². The van der Waals surface area contributed by atoms with Gasteiger partial charge in [0.05, 0.1) is 5.69 Å². The summed E-state index contributed by atoms with van der Waals surface area (Å²) in [6.45, 7) is 5.32. The number of anilines is 1. The van der Waals surface area contributed by atoms with Gasteiger partial charge in [0.15, 0.2) is 0 Å². The van der Waals surface area contributed by atoms with E-state index in [1.807, 2.05) is 0 Å². The Balaban J connectivity index is 1.16. The second-order valence-electron chi connectivity index (χ2n) is 9.78. The lowest BCUT2D eigenvalue weighted by Crippen LogP contribution is -2.52. The molecular formula is C25H34N6O5. The molecule has 6 amide bonds. The van der Waals surface area contributed by atoms with Gasteiger partial charge in [0.1, 0.15) is 6.54 Å². The number of benzene rings is 1. The summed E-state index contributed by atoms with van der Waals surface area (Å²) in [5.41, 5.74) is 1.01. The molecule has 1 aromatic carbocycles. The molecule has 0 atom stereocenters. The lowest BCUT2D eigenvalue weighted by molar-refractivity contribution is -0.116. The zero-order valence-corrected chi connectivity index (χ0v) is 20.5. The minimum absolute atomic E-state index is 0.0270. The fraction of sp³-hybridized carbons (Fsp3) is 0.600. The summed E-state index contributed by atoms with van der Waals surface area (Å²) < 4.78 is 5.35. The lowest BCUT2D eigenvalue weighted by Gasteiger charge is -2.37. The van der Waals surface area contributed by atoms with Crippen molar-refractivity contribution in [3.05, 3.63) is 29.8 Å². The summed E-state index contributed by atoms with van der Waals surface area (Å²) in [6, 6.07) is 6.33. The average Bonchev–Trinajstić information content (AvgIpc) is 3.23. The molecule has 194 valence electrons. The second kappa shape index (κ2) is 10.8. The molecule has 11 heteroatoms. The molecule has 0 unspecified atom stereocenters. The van der Waals surface area contributed by atoms with Gasteiger partial charge in [-0.05, 0) is 49.9 Å². The van der Waals surface area contributed by atoms with Crippen molar-refractivity contribution in [2.45, 2.75) is 37.8 Å². The van der Waals surface area contributed by atoms with Crippen molar-refractivity contribution in [2.75, 3.05) is 63.9 Å². The smallest absolute Gasteiger partial charge is 0.332 e. The zero-order valence-electron chi connectivity index (χ0n) is 20.5. The van der Waals surface area contributed by atoms with E-state index in [0.717, 1.165) is 25.9 Å². The second-order valence-corrected chi connectivity index (χ2v) is 9.78. The van der Waals surface area contributed by atoms with Gasteiger partial charge in [-0.15, -0.1) is 0 Å². The van der Waals surface area contributed by atoms with Crippen molar-refractivity contribution in [3.8, 4) is 0 Å². The average molecular weight is 499 g/mol. The summed E-state index contributed by atoms with van der Waals surface area (Å²) >= 11 is 0. The first-order chi connectivity index (χ1) is 17.5. The molecule has 5 rings (SSSR count). The van der Waals surface area contributed by atoms with Gasteiger partial charge in [0.2, 0.25) is 0 Å². The number of nitrogens with zero attached hydrogens (tertiary/aromatic N) is 4. The van der Waals surface area contributed by atoms with Crippen LogP contribution in [0.3, 0.4) is 0 Å². The van der Waals surface area contributed by atoms with Crippen LogP contribution in [-0.4, -0.2) is 110 Å². The highest BCUT2D eigenvalue weighted by molar-refractivity contribution is 6.20. The fourth-order valence-corrected chi connectivity index (χ4v) is 5.35. The third kappa shape index (κ3) is 5.17. The highest BCUT2D eigenvalue weighted by Gasteiger charge is 2.42. The summed E-state index contributed by atoms with van der Waals surface area (Å²) in [5.74, 6) is -0.322. The number of rotatable bonds is 4. The molecule has 36 heavy (non-hydrogen) atoms. The maximum atomic E-state index is 13.2. The third-order valence-electron chi connectivity index (χ3n) is 7.51. The van der Waals surface area contributed by atoms with Crippen LogP contribution in [0.1, 0.15) is 36.0 Å². The zero-order chi connectivity index (χ0) is 25.1. The summed E-state index contributed by atoms with van der Waals surface area (Å²) in [5, 5.41) is 6.31. The topological polar surface area (TPSA) is 115 Å². The minimum atomic E-state index is -0.341. The largest absolute Gasteiger partial charge is 0.381 e. The number of hydrogen-bond acceptors (Lipinski definition) is 6. The van der Waals surface area contributed by atoms with Gasteiger partial charge in [0, 0.05) is 70.1 Å². The molecule has 4 heterocycles. The van der Waals surface area contributed by atoms with Crippen molar-refractivity contribution in [1.82, 2.24) is 25.3 Å². The van der Waals surface area contributed by atoms with Gasteiger partial charge < -0.3 is 30.1 Å². The maximum absolute atomic E-state index is 13.2. The Kier molecular flexibility index (Phi) is 7.38. The van der Waals surface area contributed by atoms with Crippen LogP contribution >= 0.6 is 0 Å². The highest BCUT2D eigenvalue weighted by atomic mass is 16.5. The Bertz CT molecular complexity index is 981. The lowest BCUT2D eigenvalue weighted by atomic mass is 10.0. The standard InChI is InChI=1S/C25H34N6O5/c32-22-17-30(20-5-11-29(12-6-20)24(34)27-19-7-15-36-16-8-19)25(35)31(22)21-3-1-18(2-4-21)23(33)28-13-9-26-10-14-28/h1-4,19-20,26H,5-17H2,(H,27,34). The number of imide groups is 1. The van der Waals surface area contributed by atoms with Gasteiger partial charge in [-0.3, -0.25) is 9.59 Å². The summed E-state index contributed by atoms with van der Waals surface area (Å²) in [7, 11) is 0. The number of hydrogen-bond donors (Lipinski definition) is 2. The van der Waals surface area contributed by atoms with Crippen LogP contribution < -0.4 is 15.5 Å². The SMILES string of the molecule is O=C(NC1CCOCC1)N1CCC(N2CC(=O)N(c3ccc(C(=O)N4CCNCC4)cc3)C2=O)CC1. The molecule has 0 aliphatic carbocycles. The Morgan fingerprint density at radius 3 is 2.22 bits per heavy atom. The van der Waals surface area contributed by atoms with Crippen molar-refractivity contribution < 1.29 is 23.9 Å². The Labute approximate surface area is 210 Å². The molecule has 0 bridgehead atoms. The van der Waals surface area contributed by atoms with Crippen molar-refractivity contribution in [3.63, 3.8) is 0 Å². The highest BCUT2D eigenvalue weighted by Crippen LogP contribution is 2.27. The van der Waals surface area contributed by atoms with Crippen LogP contribution in [0.25, 0.3) is 0 Å². The van der Waals surface area contributed by atoms with Gasteiger partial charge in [0.25, 0.3) is 11.8 Å². The number of nitrogens with one attached hydrogen (secondary N) is 2. The summed E-state index contributed by atoms with van der Waals surface area (Å²) in [6.07, 6.45) is 2.92. The first kappa shape index (κ1) is 24.5. The van der Waals surface area contributed by atoms with E-state index in [-0.39, 0.29) is 42.5 Å². The molecular weight excluding hydrogens is 464 g/mol. The number of carbonyl (C=O) groups is 4. The first-order valence-electron chi connectivity index (χ1n) is 12.9. The van der Waals surface area contributed by atoms with Gasteiger partial charge in [-0.1, -0.05) is 0 Å². The normalized spacial score (nSPS) is 22.3. The van der Waals surface area contributed by atoms with E-state index in [2.05, 4.69) is 10.6 Å². The van der Waals surface area contributed by atoms with E-state index in [1.54, 1.807) is 39.0 Å². The molecule has 0 saturated carbocycles. The molecule has 4 fully saturated rings. The van der Waals surface area contributed by atoms with Crippen LogP contribution in [0.15, 0.2) is 24.3 Å². The first-order valence-corrected chi connectivity index (χ1v) is 12.9. The van der Waals surface area contributed by atoms with Crippen LogP contribution in [0, 0.1) is 0 Å². The number of carbonyl (C=O) groups excluding carboxylic acids is 4. The molecule has 0 radical (unpaired) electrons. The molecule has 1 aromatic rings. The molecule has 11 nitrogen and oxygen atoms in total. The molecule has 2 N–H and O–H groups in total. The van der Waals surface area contributed by atoms with Crippen LogP contribution in [-0.2, 0) is 9.53 Å². The minimum Gasteiger partial charge on any atom is -0.381 e. The number of piperidine rings is 1. The molecule has 0 aromatic heterocycles. The Morgan fingerprint density at radius 2 is 1.56 bits per heavy atom. The Morgan fingerprint density at radius 1 is 0.889 bits per heavy atom. The predicted molar refractivity (Wildman–Crippen MR) is 132 cm³/mol. The monoisotopic (exact) mass is 498 g/mol. The number of ether oxygens (including phenoxy) is 1. The van der Waals surface area contributed by atoms with E-state index >= 15 is 0 Å². The quantitative estimate of drug-likeness (QED) is 0.595. The number of piperazine rings is 1. The van der Waals surface area contributed by atoms with Crippen LogP contribution in [0.2, 0.25) is 0 Å². The summed E-state index contributed by atoms with van der Waals surface area (Å²) in [4.78, 5) is 57.7. The molecule has 4 aliphatic rings. The molecule has 4 saturated heterocycles. The van der Waals surface area contributed by atoms with Gasteiger partial charge in [-0.25, -0.2) is 14.5 Å². The van der Waals surface area contributed by atoms with Gasteiger partial charge in [-0.2, -0.15) is 0 Å². The number of amides is 6. The van der Waals surface area contributed by atoms with E-state index < -0.39 is 0 Å². The van der Waals surface area contributed by atoms with E-state index in [1.165, 1.54) is 4.90 Å². The number of urea groups is 2.